The standard InChI is InChI=1S/C14H22N2O.ClH/c1-5-16(6-2)14(3,4)13(17)15-12-10-8-7-9-11-12;/h7-11H,5-6H2,1-4H3,(H,15,17);1H. The van der Waals surface area contributed by atoms with Crippen molar-refractivity contribution in [2.45, 2.75) is 33.2 Å². The second kappa shape index (κ2) is 7.39. The number of carbonyl (C=O) groups is 1. The van der Waals surface area contributed by atoms with Gasteiger partial charge >= 0.3 is 0 Å². The van der Waals surface area contributed by atoms with Crippen molar-refractivity contribution >= 4 is 24.0 Å². The second-order valence-electron chi connectivity index (χ2n) is 4.55. The molecule has 18 heavy (non-hydrogen) atoms. The van der Waals surface area contributed by atoms with Gasteiger partial charge in [-0.15, -0.1) is 12.4 Å². The average Bonchev–Trinajstić information content (AvgIpc) is 2.31. The Hall–Kier alpha value is -1.06. The van der Waals surface area contributed by atoms with Gasteiger partial charge < -0.3 is 5.32 Å². The van der Waals surface area contributed by atoms with Crippen LogP contribution < -0.4 is 5.32 Å². The lowest BCUT2D eigenvalue weighted by Crippen LogP contribution is -2.52. The highest BCUT2D eigenvalue weighted by Crippen LogP contribution is 2.17. The lowest BCUT2D eigenvalue weighted by Gasteiger charge is -2.35. The first-order chi connectivity index (χ1) is 8.02. The molecule has 0 heterocycles. The van der Waals surface area contributed by atoms with Gasteiger partial charge in [0.2, 0.25) is 5.91 Å². The fourth-order valence-electron chi connectivity index (χ4n) is 1.96. The zero-order valence-corrected chi connectivity index (χ0v) is 12.4. The van der Waals surface area contributed by atoms with Crippen molar-refractivity contribution in [2.75, 3.05) is 18.4 Å². The summed E-state index contributed by atoms with van der Waals surface area (Å²) in [5.74, 6) is 0.0346. The fourth-order valence-corrected chi connectivity index (χ4v) is 1.96. The maximum Gasteiger partial charge on any atom is 0.244 e. The molecule has 0 aliphatic carbocycles. The average molecular weight is 271 g/mol. The Labute approximate surface area is 116 Å². The predicted octanol–water partition coefficient (Wildman–Crippen LogP) is 3.17. The minimum Gasteiger partial charge on any atom is -0.324 e. The predicted molar refractivity (Wildman–Crippen MR) is 79.3 cm³/mol. The summed E-state index contributed by atoms with van der Waals surface area (Å²) < 4.78 is 0. The lowest BCUT2D eigenvalue weighted by atomic mass is 10.0. The number of nitrogens with one attached hydrogen (secondary N) is 1. The summed E-state index contributed by atoms with van der Waals surface area (Å²) in [5, 5.41) is 2.95. The number of benzene rings is 1. The minimum atomic E-state index is -0.487. The Morgan fingerprint density at radius 1 is 1.17 bits per heavy atom. The Morgan fingerprint density at radius 2 is 1.67 bits per heavy atom. The van der Waals surface area contributed by atoms with Crippen molar-refractivity contribution < 1.29 is 4.79 Å². The molecule has 4 heteroatoms. The van der Waals surface area contributed by atoms with Crippen LogP contribution in [0.4, 0.5) is 5.69 Å². The van der Waals surface area contributed by atoms with Crippen LogP contribution in [0, 0.1) is 0 Å². The first-order valence-electron chi connectivity index (χ1n) is 6.14. The molecule has 0 spiro atoms. The van der Waals surface area contributed by atoms with Gasteiger partial charge in [-0.3, -0.25) is 9.69 Å². The van der Waals surface area contributed by atoms with Gasteiger partial charge in [-0.1, -0.05) is 32.0 Å². The summed E-state index contributed by atoms with van der Waals surface area (Å²) in [6.07, 6.45) is 0. The number of rotatable bonds is 5. The van der Waals surface area contributed by atoms with Crippen molar-refractivity contribution in [1.82, 2.24) is 4.90 Å². The molecule has 0 aromatic heterocycles. The number of anilines is 1. The van der Waals surface area contributed by atoms with Gasteiger partial charge in [0.1, 0.15) is 0 Å². The van der Waals surface area contributed by atoms with E-state index in [1.807, 2.05) is 44.2 Å². The van der Waals surface area contributed by atoms with Crippen LogP contribution in [0.1, 0.15) is 27.7 Å². The van der Waals surface area contributed by atoms with E-state index in [2.05, 4.69) is 24.1 Å². The number of halogens is 1. The molecular weight excluding hydrogens is 248 g/mol. The Bertz CT molecular complexity index is 361. The zero-order valence-electron chi connectivity index (χ0n) is 11.6. The van der Waals surface area contributed by atoms with Crippen LogP contribution >= 0.6 is 12.4 Å². The molecule has 0 radical (unpaired) electrons. The molecule has 1 aromatic rings. The smallest absolute Gasteiger partial charge is 0.244 e. The summed E-state index contributed by atoms with van der Waals surface area (Å²) in [4.78, 5) is 14.4. The van der Waals surface area contributed by atoms with Crippen LogP contribution in [0.15, 0.2) is 30.3 Å². The van der Waals surface area contributed by atoms with Crippen molar-refractivity contribution in [1.29, 1.82) is 0 Å². The first kappa shape index (κ1) is 16.9. The molecule has 0 aliphatic heterocycles. The summed E-state index contributed by atoms with van der Waals surface area (Å²) in [5.41, 5.74) is 0.358. The van der Waals surface area contributed by atoms with Crippen molar-refractivity contribution in [3.8, 4) is 0 Å². The van der Waals surface area contributed by atoms with Crippen LogP contribution in [0.2, 0.25) is 0 Å². The molecular formula is C14H23ClN2O. The van der Waals surface area contributed by atoms with E-state index in [1.54, 1.807) is 0 Å². The van der Waals surface area contributed by atoms with Crippen LogP contribution in [0.5, 0.6) is 0 Å². The SMILES string of the molecule is CCN(CC)C(C)(C)C(=O)Nc1ccccc1.Cl. The normalized spacial score (nSPS) is 10.9. The topological polar surface area (TPSA) is 32.3 Å². The third-order valence-corrected chi connectivity index (χ3v) is 3.14. The highest BCUT2D eigenvalue weighted by molar-refractivity contribution is 5.97. The number of likely N-dealkylation sites (N-methyl/N-ethyl adjacent to an activating group) is 1. The number of hydrogen-bond acceptors (Lipinski definition) is 2. The molecule has 0 bridgehead atoms. The van der Waals surface area contributed by atoms with E-state index in [4.69, 9.17) is 0 Å². The van der Waals surface area contributed by atoms with Crippen LogP contribution in [0.25, 0.3) is 0 Å². The Balaban J connectivity index is 0.00000289. The van der Waals surface area contributed by atoms with Crippen molar-refractivity contribution in [3.05, 3.63) is 30.3 Å². The van der Waals surface area contributed by atoms with E-state index >= 15 is 0 Å². The molecule has 0 fully saturated rings. The van der Waals surface area contributed by atoms with Gasteiger partial charge in [0.25, 0.3) is 0 Å². The van der Waals surface area contributed by atoms with Gasteiger partial charge in [-0.2, -0.15) is 0 Å². The van der Waals surface area contributed by atoms with E-state index in [-0.39, 0.29) is 18.3 Å². The van der Waals surface area contributed by atoms with Crippen molar-refractivity contribution in [2.24, 2.45) is 0 Å². The molecule has 0 saturated heterocycles. The summed E-state index contributed by atoms with van der Waals surface area (Å²) in [7, 11) is 0. The molecule has 102 valence electrons. The molecule has 0 aliphatic rings. The molecule has 0 saturated carbocycles. The van der Waals surface area contributed by atoms with Crippen LogP contribution in [-0.2, 0) is 4.79 Å². The molecule has 1 N–H and O–H groups in total. The van der Waals surface area contributed by atoms with Crippen LogP contribution in [0.3, 0.4) is 0 Å². The molecule has 3 nitrogen and oxygen atoms in total. The maximum absolute atomic E-state index is 12.2. The van der Waals surface area contributed by atoms with E-state index < -0.39 is 5.54 Å². The molecule has 1 rings (SSSR count). The molecule has 1 aromatic carbocycles. The van der Waals surface area contributed by atoms with Gasteiger partial charge in [0.05, 0.1) is 5.54 Å². The monoisotopic (exact) mass is 270 g/mol. The number of carbonyl (C=O) groups excluding carboxylic acids is 1. The van der Waals surface area contributed by atoms with Gasteiger partial charge in [0, 0.05) is 5.69 Å². The maximum atomic E-state index is 12.2. The minimum absolute atomic E-state index is 0. The van der Waals surface area contributed by atoms with E-state index in [9.17, 15) is 4.79 Å². The third kappa shape index (κ3) is 4.00. The fraction of sp³-hybridized carbons (Fsp3) is 0.500. The van der Waals surface area contributed by atoms with E-state index in [1.165, 1.54) is 0 Å². The largest absolute Gasteiger partial charge is 0.324 e. The lowest BCUT2D eigenvalue weighted by molar-refractivity contribution is -0.126. The first-order valence-corrected chi connectivity index (χ1v) is 6.14. The van der Waals surface area contributed by atoms with Gasteiger partial charge in [-0.25, -0.2) is 0 Å². The molecule has 0 atom stereocenters. The van der Waals surface area contributed by atoms with Crippen molar-refractivity contribution in [3.63, 3.8) is 0 Å². The van der Waals surface area contributed by atoms with E-state index in [0.717, 1.165) is 18.8 Å². The number of para-hydroxylation sites is 1. The summed E-state index contributed by atoms with van der Waals surface area (Å²) in [6.45, 7) is 9.79. The number of amides is 1. The summed E-state index contributed by atoms with van der Waals surface area (Å²) in [6, 6.07) is 9.57. The van der Waals surface area contributed by atoms with Gasteiger partial charge in [0.15, 0.2) is 0 Å². The quantitative estimate of drug-likeness (QED) is 0.891. The number of hydrogen-bond donors (Lipinski definition) is 1. The van der Waals surface area contributed by atoms with E-state index in [0.29, 0.717) is 0 Å². The Kier molecular flexibility index (Phi) is 6.96. The third-order valence-electron chi connectivity index (χ3n) is 3.14. The summed E-state index contributed by atoms with van der Waals surface area (Å²) >= 11 is 0. The highest BCUT2D eigenvalue weighted by atomic mass is 35.5. The van der Waals surface area contributed by atoms with Gasteiger partial charge in [-0.05, 0) is 39.1 Å². The molecule has 1 amide bonds. The highest BCUT2D eigenvalue weighted by Gasteiger charge is 2.32. The molecule has 0 unspecified atom stereocenters. The number of nitrogens with zero attached hydrogens (tertiary/aromatic N) is 1. The Morgan fingerprint density at radius 3 is 2.11 bits per heavy atom. The second-order valence-corrected chi connectivity index (χ2v) is 4.55. The van der Waals surface area contributed by atoms with Crippen LogP contribution in [-0.4, -0.2) is 29.4 Å². The zero-order chi connectivity index (χ0) is 12.9.